The minimum Gasteiger partial charge on any atom is -0.385 e. The predicted molar refractivity (Wildman–Crippen MR) is 100 cm³/mol. The number of nitrogens with two attached hydrogens (primary N) is 1. The molecule has 3 rings (SSSR count). The van der Waals surface area contributed by atoms with Crippen LogP contribution in [0.5, 0.6) is 0 Å². The Labute approximate surface area is 145 Å². The third kappa shape index (κ3) is 4.97. The Hall–Kier alpha value is -1.55. The van der Waals surface area contributed by atoms with E-state index in [1.807, 2.05) is 12.1 Å². The van der Waals surface area contributed by atoms with Gasteiger partial charge in [-0.3, -0.25) is 4.79 Å². The van der Waals surface area contributed by atoms with Crippen LogP contribution in [0.2, 0.25) is 0 Å². The van der Waals surface area contributed by atoms with Gasteiger partial charge in [0, 0.05) is 29.9 Å². The molecule has 2 aliphatic rings. The van der Waals surface area contributed by atoms with Crippen LogP contribution in [0.4, 0.5) is 11.4 Å². The number of hydrogen-bond acceptors (Lipinski definition) is 3. The molecule has 0 radical (unpaired) electrons. The molecule has 0 bridgehead atoms. The second-order valence-electron chi connectivity index (χ2n) is 7.57. The average Bonchev–Trinajstić information content (AvgIpc) is 2.62. The van der Waals surface area contributed by atoms with Crippen molar-refractivity contribution in [3.05, 3.63) is 24.3 Å². The van der Waals surface area contributed by atoms with Crippen LogP contribution in [0.3, 0.4) is 0 Å². The summed E-state index contributed by atoms with van der Waals surface area (Å²) in [5.41, 5.74) is 7.96. The molecule has 2 fully saturated rings. The number of amides is 1. The van der Waals surface area contributed by atoms with Crippen LogP contribution >= 0.6 is 0 Å². The zero-order valence-corrected chi connectivity index (χ0v) is 14.6. The molecule has 1 aromatic rings. The van der Waals surface area contributed by atoms with Crippen LogP contribution in [-0.4, -0.2) is 18.5 Å². The van der Waals surface area contributed by atoms with Gasteiger partial charge in [0.1, 0.15) is 0 Å². The molecule has 2 saturated carbocycles. The molecular formula is C20H31N3O. The van der Waals surface area contributed by atoms with Gasteiger partial charge in [0.15, 0.2) is 0 Å². The quantitative estimate of drug-likeness (QED) is 0.760. The van der Waals surface area contributed by atoms with Crippen LogP contribution in [0.15, 0.2) is 24.3 Å². The molecule has 24 heavy (non-hydrogen) atoms. The van der Waals surface area contributed by atoms with E-state index in [-0.39, 0.29) is 11.8 Å². The van der Waals surface area contributed by atoms with Gasteiger partial charge < -0.3 is 16.4 Å². The van der Waals surface area contributed by atoms with Gasteiger partial charge in [0.25, 0.3) is 0 Å². The summed E-state index contributed by atoms with van der Waals surface area (Å²) in [6.07, 6.45) is 10.4. The van der Waals surface area contributed by atoms with E-state index in [1.54, 1.807) is 0 Å². The van der Waals surface area contributed by atoms with E-state index < -0.39 is 0 Å². The molecule has 1 aromatic carbocycles. The van der Waals surface area contributed by atoms with E-state index in [9.17, 15) is 4.79 Å². The van der Waals surface area contributed by atoms with Crippen molar-refractivity contribution >= 4 is 17.3 Å². The summed E-state index contributed by atoms with van der Waals surface area (Å²) < 4.78 is 0. The summed E-state index contributed by atoms with van der Waals surface area (Å²) in [5.74, 6) is 1.10. The SMILES string of the molecule is NC1CCC(CNc2cccc(NC(=O)C3CCCCC3)c2)CC1. The number of hydrogen-bond donors (Lipinski definition) is 3. The minimum atomic E-state index is 0.188. The first-order valence-corrected chi connectivity index (χ1v) is 9.61. The van der Waals surface area contributed by atoms with E-state index in [0.29, 0.717) is 12.0 Å². The minimum absolute atomic E-state index is 0.188. The van der Waals surface area contributed by atoms with E-state index in [4.69, 9.17) is 5.73 Å². The third-order valence-corrected chi connectivity index (χ3v) is 5.59. The average molecular weight is 329 g/mol. The summed E-state index contributed by atoms with van der Waals surface area (Å²) in [5, 5.41) is 6.63. The van der Waals surface area contributed by atoms with Gasteiger partial charge in [-0.05, 0) is 62.6 Å². The Morgan fingerprint density at radius 3 is 2.46 bits per heavy atom. The lowest BCUT2D eigenvalue weighted by Crippen LogP contribution is -2.29. The number of benzene rings is 1. The normalized spacial score (nSPS) is 25.2. The molecule has 4 N–H and O–H groups in total. The fourth-order valence-corrected chi connectivity index (χ4v) is 3.97. The van der Waals surface area contributed by atoms with Gasteiger partial charge in [0.05, 0.1) is 0 Å². The van der Waals surface area contributed by atoms with Crippen molar-refractivity contribution in [2.45, 2.75) is 63.8 Å². The zero-order chi connectivity index (χ0) is 16.8. The number of nitrogens with one attached hydrogen (secondary N) is 2. The summed E-state index contributed by atoms with van der Waals surface area (Å²) in [6, 6.07) is 8.51. The molecule has 2 aliphatic carbocycles. The standard InChI is InChI=1S/C20H31N3O/c21-17-11-9-15(10-12-17)14-22-18-7-4-8-19(13-18)23-20(24)16-5-2-1-3-6-16/h4,7-8,13,15-17,22H,1-3,5-6,9-12,14,21H2,(H,23,24). The molecule has 0 aromatic heterocycles. The Bertz CT molecular complexity index is 531. The van der Waals surface area contributed by atoms with Crippen LogP contribution < -0.4 is 16.4 Å². The topological polar surface area (TPSA) is 67.2 Å². The van der Waals surface area contributed by atoms with Crippen LogP contribution in [0.1, 0.15) is 57.8 Å². The fourth-order valence-electron chi connectivity index (χ4n) is 3.97. The van der Waals surface area contributed by atoms with Crippen molar-refractivity contribution in [3.63, 3.8) is 0 Å². The summed E-state index contributed by atoms with van der Waals surface area (Å²) in [4.78, 5) is 12.4. The molecule has 0 heterocycles. The Morgan fingerprint density at radius 2 is 1.71 bits per heavy atom. The van der Waals surface area contributed by atoms with Gasteiger partial charge >= 0.3 is 0 Å². The van der Waals surface area contributed by atoms with Crippen molar-refractivity contribution in [1.29, 1.82) is 0 Å². The molecule has 0 saturated heterocycles. The zero-order valence-electron chi connectivity index (χ0n) is 14.6. The van der Waals surface area contributed by atoms with E-state index >= 15 is 0 Å². The van der Waals surface area contributed by atoms with Crippen LogP contribution in [0.25, 0.3) is 0 Å². The number of carbonyl (C=O) groups is 1. The van der Waals surface area contributed by atoms with E-state index in [2.05, 4.69) is 22.8 Å². The van der Waals surface area contributed by atoms with Gasteiger partial charge in [0.2, 0.25) is 5.91 Å². The lowest BCUT2D eigenvalue weighted by atomic mass is 9.86. The molecule has 0 aliphatic heterocycles. The lowest BCUT2D eigenvalue weighted by Gasteiger charge is -2.26. The molecule has 0 unspecified atom stereocenters. The van der Waals surface area contributed by atoms with Gasteiger partial charge in [-0.2, -0.15) is 0 Å². The number of rotatable bonds is 5. The van der Waals surface area contributed by atoms with Crippen molar-refractivity contribution in [2.75, 3.05) is 17.2 Å². The predicted octanol–water partition coefficient (Wildman–Crippen LogP) is 4.13. The first kappa shape index (κ1) is 17.3. The molecule has 4 heteroatoms. The second kappa shape index (κ2) is 8.52. The van der Waals surface area contributed by atoms with Crippen LogP contribution in [0, 0.1) is 11.8 Å². The molecule has 132 valence electrons. The van der Waals surface area contributed by atoms with Gasteiger partial charge in [-0.25, -0.2) is 0 Å². The number of anilines is 2. The third-order valence-electron chi connectivity index (χ3n) is 5.59. The maximum Gasteiger partial charge on any atom is 0.227 e. The first-order chi connectivity index (χ1) is 11.7. The smallest absolute Gasteiger partial charge is 0.227 e. The highest BCUT2D eigenvalue weighted by Gasteiger charge is 2.21. The molecule has 1 amide bonds. The summed E-state index contributed by atoms with van der Waals surface area (Å²) in [7, 11) is 0. The Balaban J connectivity index is 1.49. The monoisotopic (exact) mass is 329 g/mol. The second-order valence-corrected chi connectivity index (χ2v) is 7.57. The van der Waals surface area contributed by atoms with Crippen molar-refractivity contribution in [1.82, 2.24) is 0 Å². The largest absolute Gasteiger partial charge is 0.385 e. The molecular weight excluding hydrogens is 298 g/mol. The molecule has 0 atom stereocenters. The maximum absolute atomic E-state index is 12.4. The number of carbonyl (C=O) groups excluding carboxylic acids is 1. The summed E-state index contributed by atoms with van der Waals surface area (Å²) in [6.45, 7) is 0.993. The highest BCUT2D eigenvalue weighted by Crippen LogP contribution is 2.26. The van der Waals surface area contributed by atoms with Crippen LogP contribution in [-0.2, 0) is 4.79 Å². The maximum atomic E-state index is 12.4. The summed E-state index contributed by atoms with van der Waals surface area (Å²) >= 11 is 0. The van der Waals surface area contributed by atoms with Gasteiger partial charge in [-0.15, -0.1) is 0 Å². The van der Waals surface area contributed by atoms with Crippen molar-refractivity contribution in [2.24, 2.45) is 17.6 Å². The van der Waals surface area contributed by atoms with Crippen molar-refractivity contribution in [3.8, 4) is 0 Å². The fraction of sp³-hybridized carbons (Fsp3) is 0.650. The highest BCUT2D eigenvalue weighted by atomic mass is 16.1. The lowest BCUT2D eigenvalue weighted by molar-refractivity contribution is -0.120. The Kier molecular flexibility index (Phi) is 6.13. The van der Waals surface area contributed by atoms with E-state index in [1.165, 1.54) is 32.1 Å². The Morgan fingerprint density at radius 1 is 1.00 bits per heavy atom. The molecule has 4 nitrogen and oxygen atoms in total. The van der Waals surface area contributed by atoms with Gasteiger partial charge in [-0.1, -0.05) is 25.3 Å². The first-order valence-electron chi connectivity index (χ1n) is 9.61. The highest BCUT2D eigenvalue weighted by molar-refractivity contribution is 5.93. The van der Waals surface area contributed by atoms with Crippen molar-refractivity contribution < 1.29 is 4.79 Å². The molecule has 0 spiro atoms. The van der Waals surface area contributed by atoms with E-state index in [0.717, 1.165) is 43.6 Å².